The molecule has 1 unspecified atom stereocenters. The minimum atomic E-state index is -0.146. The molecule has 1 aromatic heterocycles. The fourth-order valence-corrected chi connectivity index (χ4v) is 5.11. The molecule has 1 atom stereocenters. The first kappa shape index (κ1) is 27.4. The van der Waals surface area contributed by atoms with E-state index in [1.54, 1.807) is 31.3 Å². The summed E-state index contributed by atoms with van der Waals surface area (Å²) in [5.41, 5.74) is 2.11. The van der Waals surface area contributed by atoms with Gasteiger partial charge in [0, 0.05) is 56.5 Å². The molecule has 0 spiro atoms. The molecule has 2 fully saturated rings. The topological polar surface area (TPSA) is 97.3 Å². The summed E-state index contributed by atoms with van der Waals surface area (Å²) < 4.78 is 16.5. The highest BCUT2D eigenvalue weighted by atomic mass is 16.5. The number of ether oxygens (including phenoxy) is 3. The molecule has 0 N–H and O–H groups in total. The summed E-state index contributed by atoms with van der Waals surface area (Å²) in [6, 6.07) is 18.5. The average Bonchev–Trinajstić information content (AvgIpc) is 3.54. The van der Waals surface area contributed by atoms with Crippen molar-refractivity contribution in [3.05, 3.63) is 66.2 Å². The molecular weight excluding hydrogens is 510 g/mol. The number of carbonyl (C=O) groups excluding carboxylic acids is 2. The molecule has 40 heavy (non-hydrogen) atoms. The first-order valence-electron chi connectivity index (χ1n) is 13.6. The maximum absolute atomic E-state index is 13.3. The number of piperazine rings is 1. The molecule has 5 rings (SSSR count). The molecule has 0 aliphatic carbocycles. The minimum absolute atomic E-state index is 0.0308. The number of anilines is 1. The van der Waals surface area contributed by atoms with Gasteiger partial charge in [0.2, 0.25) is 5.91 Å². The summed E-state index contributed by atoms with van der Waals surface area (Å²) >= 11 is 0. The number of hydrogen-bond acceptors (Lipinski definition) is 8. The summed E-state index contributed by atoms with van der Waals surface area (Å²) in [4.78, 5) is 32.1. The zero-order valence-electron chi connectivity index (χ0n) is 23.0. The summed E-state index contributed by atoms with van der Waals surface area (Å²) in [5, 5.41) is 8.88. The number of amides is 2. The molecule has 10 nitrogen and oxygen atoms in total. The number of hydrogen-bond donors (Lipinski definition) is 0. The van der Waals surface area contributed by atoms with Crippen LogP contribution in [0.2, 0.25) is 0 Å². The van der Waals surface area contributed by atoms with Gasteiger partial charge in [-0.15, -0.1) is 10.2 Å². The molecule has 2 aliphatic heterocycles. The Labute approximate surface area is 234 Å². The van der Waals surface area contributed by atoms with E-state index >= 15 is 0 Å². The van der Waals surface area contributed by atoms with Crippen LogP contribution in [0, 0.1) is 0 Å². The lowest BCUT2D eigenvalue weighted by atomic mass is 10.1. The zero-order chi connectivity index (χ0) is 27.9. The highest BCUT2D eigenvalue weighted by Gasteiger charge is 2.28. The van der Waals surface area contributed by atoms with Gasteiger partial charge in [0.25, 0.3) is 5.91 Å². The van der Waals surface area contributed by atoms with E-state index in [1.807, 2.05) is 53.4 Å². The predicted octanol–water partition coefficient (Wildman–Crippen LogP) is 3.13. The van der Waals surface area contributed by atoms with E-state index in [9.17, 15) is 9.59 Å². The molecule has 2 amide bonds. The normalized spacial score (nSPS) is 17.0. The van der Waals surface area contributed by atoms with Crippen LogP contribution in [0.5, 0.6) is 11.5 Å². The Morgan fingerprint density at radius 1 is 0.975 bits per heavy atom. The monoisotopic (exact) mass is 545 g/mol. The summed E-state index contributed by atoms with van der Waals surface area (Å²) in [7, 11) is 3.22. The zero-order valence-corrected chi connectivity index (χ0v) is 23.0. The van der Waals surface area contributed by atoms with Gasteiger partial charge in [-0.3, -0.25) is 9.59 Å². The van der Waals surface area contributed by atoms with Crippen molar-refractivity contribution in [2.24, 2.45) is 0 Å². The Morgan fingerprint density at radius 3 is 2.42 bits per heavy atom. The minimum Gasteiger partial charge on any atom is -0.497 e. The van der Waals surface area contributed by atoms with E-state index in [4.69, 9.17) is 14.2 Å². The van der Waals surface area contributed by atoms with Gasteiger partial charge in [-0.05, 0) is 49.2 Å². The molecule has 2 saturated heterocycles. The molecule has 0 saturated carbocycles. The van der Waals surface area contributed by atoms with Crippen molar-refractivity contribution in [1.82, 2.24) is 20.0 Å². The molecule has 2 aromatic carbocycles. The van der Waals surface area contributed by atoms with E-state index in [-0.39, 0.29) is 24.5 Å². The van der Waals surface area contributed by atoms with E-state index in [0.29, 0.717) is 62.1 Å². The third-order valence-electron chi connectivity index (χ3n) is 7.37. The molecule has 0 bridgehead atoms. The van der Waals surface area contributed by atoms with Gasteiger partial charge >= 0.3 is 0 Å². The molecule has 2 aliphatic rings. The Morgan fingerprint density at radius 2 is 1.77 bits per heavy atom. The van der Waals surface area contributed by atoms with Crippen LogP contribution in [0.15, 0.2) is 60.7 Å². The van der Waals surface area contributed by atoms with Crippen LogP contribution >= 0.6 is 0 Å². The van der Waals surface area contributed by atoms with Crippen molar-refractivity contribution in [3.63, 3.8) is 0 Å². The standard InChI is InChI=1S/C30H35N5O5/c1-38-23-10-11-25(27(19-23)39-2)26-12-13-28(32-31-26)33-14-16-34(17-15-33)29(36)21-35(20-24-9-6-18-40-24)30(37)22-7-4-3-5-8-22/h3-5,7-8,10-13,19,24H,6,9,14-18,20-21H2,1-2H3. The lowest BCUT2D eigenvalue weighted by molar-refractivity contribution is -0.132. The first-order chi connectivity index (χ1) is 19.6. The number of methoxy groups -OCH3 is 2. The highest BCUT2D eigenvalue weighted by Crippen LogP contribution is 2.32. The number of benzene rings is 2. The third kappa shape index (κ3) is 6.34. The fraction of sp³-hybridized carbons (Fsp3) is 0.400. The lowest BCUT2D eigenvalue weighted by Gasteiger charge is -2.36. The first-order valence-corrected chi connectivity index (χ1v) is 13.6. The Bertz CT molecular complexity index is 1290. The highest BCUT2D eigenvalue weighted by molar-refractivity contribution is 5.96. The molecule has 3 aromatic rings. The van der Waals surface area contributed by atoms with Gasteiger partial charge in [0.1, 0.15) is 18.0 Å². The lowest BCUT2D eigenvalue weighted by Crippen LogP contribution is -2.52. The van der Waals surface area contributed by atoms with Crippen LogP contribution in [0.3, 0.4) is 0 Å². The van der Waals surface area contributed by atoms with Crippen molar-refractivity contribution in [1.29, 1.82) is 0 Å². The Hall–Kier alpha value is -4.18. The molecular formula is C30H35N5O5. The van der Waals surface area contributed by atoms with Crippen LogP contribution in [0.4, 0.5) is 5.82 Å². The Balaban J connectivity index is 1.19. The second-order valence-electron chi connectivity index (χ2n) is 9.90. The molecule has 3 heterocycles. The number of rotatable bonds is 9. The van der Waals surface area contributed by atoms with E-state index in [2.05, 4.69) is 15.1 Å². The Kier molecular flexibility index (Phi) is 8.75. The molecule has 210 valence electrons. The van der Waals surface area contributed by atoms with E-state index in [0.717, 1.165) is 24.2 Å². The van der Waals surface area contributed by atoms with E-state index in [1.165, 1.54) is 0 Å². The quantitative estimate of drug-likeness (QED) is 0.405. The molecule has 0 radical (unpaired) electrons. The van der Waals surface area contributed by atoms with Crippen molar-refractivity contribution in [3.8, 4) is 22.8 Å². The SMILES string of the molecule is COc1ccc(-c2ccc(N3CCN(C(=O)CN(CC4CCCO4)C(=O)c4ccccc4)CC3)nn2)c(OC)c1. The average molecular weight is 546 g/mol. The number of aromatic nitrogens is 2. The van der Waals surface area contributed by atoms with Gasteiger partial charge in [-0.2, -0.15) is 0 Å². The maximum Gasteiger partial charge on any atom is 0.254 e. The van der Waals surface area contributed by atoms with Crippen LogP contribution < -0.4 is 14.4 Å². The summed E-state index contributed by atoms with van der Waals surface area (Å²) in [5.74, 6) is 1.91. The fourth-order valence-electron chi connectivity index (χ4n) is 5.11. The van der Waals surface area contributed by atoms with Crippen molar-refractivity contribution in [2.45, 2.75) is 18.9 Å². The van der Waals surface area contributed by atoms with E-state index < -0.39 is 0 Å². The van der Waals surface area contributed by atoms with Crippen LogP contribution in [0.25, 0.3) is 11.3 Å². The second kappa shape index (κ2) is 12.8. The number of carbonyl (C=O) groups is 2. The largest absolute Gasteiger partial charge is 0.497 e. The predicted molar refractivity (Wildman–Crippen MR) is 151 cm³/mol. The third-order valence-corrected chi connectivity index (χ3v) is 7.37. The van der Waals surface area contributed by atoms with Crippen LogP contribution in [-0.2, 0) is 9.53 Å². The molecule has 10 heteroatoms. The maximum atomic E-state index is 13.3. The van der Waals surface area contributed by atoms with Gasteiger partial charge in [0.15, 0.2) is 5.82 Å². The van der Waals surface area contributed by atoms with Crippen molar-refractivity contribution >= 4 is 17.6 Å². The summed E-state index contributed by atoms with van der Waals surface area (Å²) in [6.45, 7) is 3.50. The number of nitrogens with zero attached hydrogens (tertiary/aromatic N) is 5. The van der Waals surface area contributed by atoms with Crippen molar-refractivity contribution in [2.75, 3.05) is 65.0 Å². The van der Waals surface area contributed by atoms with Gasteiger partial charge in [-0.25, -0.2) is 0 Å². The van der Waals surface area contributed by atoms with Crippen LogP contribution in [-0.4, -0.2) is 98.0 Å². The van der Waals surface area contributed by atoms with Crippen LogP contribution in [0.1, 0.15) is 23.2 Å². The second-order valence-corrected chi connectivity index (χ2v) is 9.90. The van der Waals surface area contributed by atoms with Gasteiger partial charge in [-0.1, -0.05) is 18.2 Å². The van der Waals surface area contributed by atoms with Crippen molar-refractivity contribution < 1.29 is 23.8 Å². The summed E-state index contributed by atoms with van der Waals surface area (Å²) in [6.07, 6.45) is 1.85. The smallest absolute Gasteiger partial charge is 0.254 e. The van der Waals surface area contributed by atoms with Gasteiger partial charge in [0.05, 0.1) is 26.0 Å². The van der Waals surface area contributed by atoms with Gasteiger partial charge < -0.3 is 28.9 Å².